The first-order valence-electron chi connectivity index (χ1n) is 4.46. The summed E-state index contributed by atoms with van der Waals surface area (Å²) < 4.78 is 0. The monoisotopic (exact) mass is 154 g/mol. The Morgan fingerprint density at radius 1 is 1.27 bits per heavy atom. The summed E-state index contributed by atoms with van der Waals surface area (Å²) >= 11 is 0. The van der Waals surface area contributed by atoms with Crippen molar-refractivity contribution < 1.29 is 0 Å². The van der Waals surface area contributed by atoms with Crippen molar-refractivity contribution in [1.29, 1.82) is 0 Å². The molecule has 0 aliphatic carbocycles. The molecule has 0 heterocycles. The number of hydrogen-bond donors (Lipinski definition) is 0. The largest absolute Gasteiger partial charge is 0.106 e. The lowest BCUT2D eigenvalue weighted by molar-refractivity contribution is 0.784. The molecule has 0 unspecified atom stereocenters. The van der Waals surface area contributed by atoms with Gasteiger partial charge in [0.15, 0.2) is 0 Å². The summed E-state index contributed by atoms with van der Waals surface area (Å²) in [5, 5.41) is 0. The van der Waals surface area contributed by atoms with Gasteiger partial charge in [-0.3, -0.25) is 0 Å². The van der Waals surface area contributed by atoms with Crippen LogP contribution in [-0.4, -0.2) is 0 Å². The van der Waals surface area contributed by atoms with Crippen molar-refractivity contribution in [2.24, 2.45) is 0 Å². The number of allylic oxidation sites excluding steroid dienone is 2. The first kappa shape index (κ1) is 13.1. The van der Waals surface area contributed by atoms with Crippen molar-refractivity contribution in [2.75, 3.05) is 0 Å². The van der Waals surface area contributed by atoms with E-state index in [1.54, 1.807) is 5.57 Å². The van der Waals surface area contributed by atoms with Crippen LogP contribution < -0.4 is 0 Å². The molecule has 11 heavy (non-hydrogen) atoms. The molecule has 0 nitrogen and oxygen atoms in total. The van der Waals surface area contributed by atoms with E-state index in [0.29, 0.717) is 0 Å². The fourth-order valence-electron chi connectivity index (χ4n) is 0.906. The first-order valence-corrected chi connectivity index (χ1v) is 4.46. The Bertz CT molecular complexity index is 90.2. The van der Waals surface area contributed by atoms with Crippen molar-refractivity contribution in [3.8, 4) is 0 Å². The van der Waals surface area contributed by atoms with E-state index in [-0.39, 0.29) is 0 Å². The minimum atomic E-state index is 1.19. The minimum Gasteiger partial charge on any atom is -0.106 e. The summed E-state index contributed by atoms with van der Waals surface area (Å²) in [4.78, 5) is 0. The highest BCUT2D eigenvalue weighted by atomic mass is 13.9. The Hall–Kier alpha value is -0.520. The van der Waals surface area contributed by atoms with Crippen LogP contribution in [0.1, 0.15) is 46.5 Å². The lowest BCUT2D eigenvalue weighted by atomic mass is 10.1. The van der Waals surface area contributed by atoms with Crippen molar-refractivity contribution in [2.45, 2.75) is 46.5 Å². The number of hydrogen-bond acceptors (Lipinski definition) is 0. The van der Waals surface area contributed by atoms with Crippen LogP contribution in [0.4, 0.5) is 0 Å². The molecule has 0 aliphatic rings. The van der Waals surface area contributed by atoms with Gasteiger partial charge in [-0.15, -0.1) is 13.2 Å². The van der Waals surface area contributed by atoms with Crippen molar-refractivity contribution in [1.82, 2.24) is 0 Å². The highest BCUT2D eigenvalue weighted by Gasteiger charge is 1.85. The standard InChI is InChI=1S/C9H18.C2H4/c1-4-6-8-9(3)7-5-2;1-2/h7H,4-6,8H2,1-3H3;1-2H2/b9-7-;. The molecule has 66 valence electrons. The topological polar surface area (TPSA) is 0 Å². The molecule has 0 saturated carbocycles. The van der Waals surface area contributed by atoms with E-state index in [1.807, 2.05) is 0 Å². The van der Waals surface area contributed by atoms with E-state index in [2.05, 4.69) is 40.0 Å². The first-order chi connectivity index (χ1) is 5.31. The van der Waals surface area contributed by atoms with Crippen LogP contribution in [0.15, 0.2) is 24.8 Å². The zero-order chi connectivity index (χ0) is 9.11. The predicted octanol–water partition coefficient (Wildman–Crippen LogP) is 4.34. The van der Waals surface area contributed by atoms with Gasteiger partial charge in [0.2, 0.25) is 0 Å². The third-order valence-corrected chi connectivity index (χ3v) is 1.48. The SMILES string of the molecule is C=C.CC/C=C(/C)CCCC. The smallest absolute Gasteiger partial charge is 0.0323 e. The maximum Gasteiger partial charge on any atom is -0.0323 e. The molecule has 0 heteroatoms. The molecule has 0 aromatic rings. The average molecular weight is 154 g/mol. The molecule has 0 amide bonds. The lowest BCUT2D eigenvalue weighted by Gasteiger charge is -1.96. The predicted molar refractivity (Wildman–Crippen MR) is 54.8 cm³/mol. The Balaban J connectivity index is 0. The van der Waals surface area contributed by atoms with E-state index in [9.17, 15) is 0 Å². The van der Waals surface area contributed by atoms with Crippen LogP contribution in [0.25, 0.3) is 0 Å². The molecule has 0 N–H and O–H groups in total. The summed E-state index contributed by atoms with van der Waals surface area (Å²) in [5.41, 5.74) is 1.55. The Morgan fingerprint density at radius 3 is 2.18 bits per heavy atom. The van der Waals surface area contributed by atoms with Gasteiger partial charge in [0, 0.05) is 0 Å². The quantitative estimate of drug-likeness (QED) is 0.528. The molecule has 0 rings (SSSR count). The maximum absolute atomic E-state index is 3.00. The van der Waals surface area contributed by atoms with Crippen LogP contribution in [0.2, 0.25) is 0 Å². The molecular weight excluding hydrogens is 132 g/mol. The zero-order valence-electron chi connectivity index (χ0n) is 8.32. The number of rotatable bonds is 4. The van der Waals surface area contributed by atoms with Gasteiger partial charge in [-0.2, -0.15) is 0 Å². The molecule has 0 bridgehead atoms. The van der Waals surface area contributed by atoms with Crippen LogP contribution in [0.5, 0.6) is 0 Å². The third kappa shape index (κ3) is 12.6. The fourth-order valence-corrected chi connectivity index (χ4v) is 0.906. The number of unbranched alkanes of at least 4 members (excludes halogenated alkanes) is 1. The fraction of sp³-hybridized carbons (Fsp3) is 0.636. The summed E-state index contributed by atoms with van der Waals surface area (Å²) in [6, 6.07) is 0. The molecule has 0 saturated heterocycles. The second kappa shape index (κ2) is 12.2. The van der Waals surface area contributed by atoms with Crippen LogP contribution >= 0.6 is 0 Å². The molecular formula is C11H22. The summed E-state index contributed by atoms with van der Waals surface area (Å²) in [6.07, 6.45) is 7.47. The Labute approximate surface area is 72.0 Å². The molecule has 0 aliphatic heterocycles. The Kier molecular flexibility index (Phi) is 14.5. The average Bonchev–Trinajstić information content (AvgIpc) is 2.05. The van der Waals surface area contributed by atoms with Gasteiger partial charge in [0.25, 0.3) is 0 Å². The van der Waals surface area contributed by atoms with E-state index in [4.69, 9.17) is 0 Å². The van der Waals surface area contributed by atoms with Crippen LogP contribution in [0.3, 0.4) is 0 Å². The van der Waals surface area contributed by atoms with E-state index in [0.717, 1.165) is 0 Å². The maximum atomic E-state index is 3.00. The van der Waals surface area contributed by atoms with Crippen molar-refractivity contribution in [3.05, 3.63) is 24.8 Å². The van der Waals surface area contributed by atoms with Gasteiger partial charge in [0.1, 0.15) is 0 Å². The zero-order valence-corrected chi connectivity index (χ0v) is 8.32. The Morgan fingerprint density at radius 2 is 1.82 bits per heavy atom. The molecule has 0 aromatic heterocycles. The van der Waals surface area contributed by atoms with Gasteiger partial charge in [0.05, 0.1) is 0 Å². The summed E-state index contributed by atoms with van der Waals surface area (Å²) in [6.45, 7) is 12.6. The van der Waals surface area contributed by atoms with E-state index < -0.39 is 0 Å². The minimum absolute atomic E-state index is 1.19. The van der Waals surface area contributed by atoms with Gasteiger partial charge in [-0.05, 0) is 26.2 Å². The van der Waals surface area contributed by atoms with E-state index in [1.165, 1.54) is 25.7 Å². The second-order valence-electron chi connectivity index (χ2n) is 2.56. The van der Waals surface area contributed by atoms with Crippen LogP contribution in [0, 0.1) is 0 Å². The van der Waals surface area contributed by atoms with Gasteiger partial charge in [-0.1, -0.05) is 31.9 Å². The second-order valence-corrected chi connectivity index (χ2v) is 2.56. The molecule has 0 radical (unpaired) electrons. The lowest BCUT2D eigenvalue weighted by Crippen LogP contribution is -1.75. The van der Waals surface area contributed by atoms with Gasteiger partial charge < -0.3 is 0 Å². The summed E-state index contributed by atoms with van der Waals surface area (Å²) in [7, 11) is 0. The highest BCUT2D eigenvalue weighted by Crippen LogP contribution is 2.05. The van der Waals surface area contributed by atoms with Gasteiger partial charge >= 0.3 is 0 Å². The molecule has 0 fully saturated rings. The third-order valence-electron chi connectivity index (χ3n) is 1.48. The van der Waals surface area contributed by atoms with Crippen molar-refractivity contribution >= 4 is 0 Å². The summed E-state index contributed by atoms with van der Waals surface area (Å²) in [5.74, 6) is 0. The normalized spacial score (nSPS) is 10.3. The molecule has 0 atom stereocenters. The molecule has 0 spiro atoms. The van der Waals surface area contributed by atoms with Crippen LogP contribution in [-0.2, 0) is 0 Å². The molecule has 0 aromatic carbocycles. The van der Waals surface area contributed by atoms with Gasteiger partial charge in [-0.25, -0.2) is 0 Å². The van der Waals surface area contributed by atoms with E-state index >= 15 is 0 Å². The van der Waals surface area contributed by atoms with Crippen molar-refractivity contribution in [3.63, 3.8) is 0 Å². The highest BCUT2D eigenvalue weighted by molar-refractivity contribution is 4.96.